The summed E-state index contributed by atoms with van der Waals surface area (Å²) in [7, 11) is 0. The second-order valence-corrected chi connectivity index (χ2v) is 7.48. The monoisotopic (exact) mass is 444 g/mol. The Bertz CT molecular complexity index is 857. The Morgan fingerprint density at radius 1 is 0.812 bits per heavy atom. The molecular formula is C24H28O8. The van der Waals surface area contributed by atoms with Crippen LogP contribution in [-0.4, -0.2) is 54.4 Å². The number of ether oxygens (including phenoxy) is 5. The zero-order valence-corrected chi connectivity index (χ0v) is 18.1. The van der Waals surface area contributed by atoms with Gasteiger partial charge < -0.3 is 28.8 Å². The summed E-state index contributed by atoms with van der Waals surface area (Å²) in [6, 6.07) is 18.8. The zero-order chi connectivity index (χ0) is 22.9. The van der Waals surface area contributed by atoms with E-state index in [9.17, 15) is 14.7 Å². The Morgan fingerprint density at radius 3 is 1.91 bits per heavy atom. The molecule has 8 heteroatoms. The van der Waals surface area contributed by atoms with E-state index in [-0.39, 0.29) is 13.2 Å². The van der Waals surface area contributed by atoms with Gasteiger partial charge in [-0.1, -0.05) is 60.7 Å². The molecule has 172 valence electrons. The van der Waals surface area contributed by atoms with Crippen molar-refractivity contribution in [2.24, 2.45) is 0 Å². The van der Waals surface area contributed by atoms with Gasteiger partial charge in [0.25, 0.3) is 0 Å². The number of aliphatic hydroxyl groups excluding tert-OH is 1. The molecule has 1 N–H and O–H groups in total. The van der Waals surface area contributed by atoms with E-state index in [0.29, 0.717) is 6.61 Å². The highest BCUT2D eigenvalue weighted by Crippen LogP contribution is 2.28. The van der Waals surface area contributed by atoms with Crippen molar-refractivity contribution in [2.75, 3.05) is 6.61 Å². The number of esters is 2. The SMILES string of the molecule is CC(=O)O[C@@H]1[C@H](OC(C)=O)[C@@H](OCc2ccccc2)C(O)O[C@@H]1COCc1ccccc1. The summed E-state index contributed by atoms with van der Waals surface area (Å²) in [6.45, 7) is 2.94. The molecule has 1 unspecified atom stereocenters. The highest BCUT2D eigenvalue weighted by atomic mass is 16.7. The standard InChI is InChI=1S/C24H28O8/c1-16(25)30-21-20(15-28-13-18-9-5-3-6-10-18)32-24(27)23(22(21)31-17(2)26)29-14-19-11-7-4-8-12-19/h3-12,20-24,27H,13-15H2,1-2H3/t20-,21+,22+,23-,24?/m1/s1. The van der Waals surface area contributed by atoms with Crippen LogP contribution in [0.5, 0.6) is 0 Å². The highest BCUT2D eigenvalue weighted by Gasteiger charge is 2.50. The van der Waals surface area contributed by atoms with Gasteiger partial charge in [-0.25, -0.2) is 0 Å². The van der Waals surface area contributed by atoms with E-state index in [1.165, 1.54) is 13.8 Å². The van der Waals surface area contributed by atoms with Gasteiger partial charge in [-0.3, -0.25) is 9.59 Å². The smallest absolute Gasteiger partial charge is 0.303 e. The van der Waals surface area contributed by atoms with E-state index in [0.717, 1.165) is 11.1 Å². The van der Waals surface area contributed by atoms with Crippen LogP contribution in [0.4, 0.5) is 0 Å². The lowest BCUT2D eigenvalue weighted by Gasteiger charge is -2.43. The third-order valence-electron chi connectivity index (χ3n) is 4.89. The van der Waals surface area contributed by atoms with Crippen molar-refractivity contribution in [1.29, 1.82) is 0 Å². The molecule has 0 aliphatic carbocycles. The molecule has 0 aromatic heterocycles. The molecule has 2 aromatic rings. The third-order valence-corrected chi connectivity index (χ3v) is 4.89. The van der Waals surface area contributed by atoms with Gasteiger partial charge in [-0.15, -0.1) is 0 Å². The van der Waals surface area contributed by atoms with Gasteiger partial charge >= 0.3 is 11.9 Å². The Labute approximate surface area is 187 Å². The molecule has 0 amide bonds. The maximum atomic E-state index is 11.8. The lowest BCUT2D eigenvalue weighted by molar-refractivity contribution is -0.304. The number of carbonyl (C=O) groups excluding carboxylic acids is 2. The van der Waals surface area contributed by atoms with Crippen LogP contribution in [0.3, 0.4) is 0 Å². The fraction of sp³-hybridized carbons (Fsp3) is 0.417. The number of carbonyl (C=O) groups is 2. The van der Waals surface area contributed by atoms with Crippen LogP contribution in [0.15, 0.2) is 60.7 Å². The second kappa shape index (κ2) is 11.7. The molecule has 1 aliphatic heterocycles. The van der Waals surface area contributed by atoms with E-state index in [1.807, 2.05) is 60.7 Å². The molecule has 1 fully saturated rings. The van der Waals surface area contributed by atoms with E-state index in [4.69, 9.17) is 23.7 Å². The van der Waals surface area contributed by atoms with Crippen LogP contribution in [0.2, 0.25) is 0 Å². The fourth-order valence-electron chi connectivity index (χ4n) is 3.50. The summed E-state index contributed by atoms with van der Waals surface area (Å²) in [5.41, 5.74) is 1.81. The van der Waals surface area contributed by atoms with Crippen molar-refractivity contribution in [3.63, 3.8) is 0 Å². The van der Waals surface area contributed by atoms with E-state index in [1.54, 1.807) is 0 Å². The van der Waals surface area contributed by atoms with Crippen molar-refractivity contribution in [1.82, 2.24) is 0 Å². The van der Waals surface area contributed by atoms with Gasteiger partial charge in [0.05, 0.1) is 19.8 Å². The normalized spacial score (nSPS) is 25.2. The van der Waals surface area contributed by atoms with Crippen LogP contribution in [0.1, 0.15) is 25.0 Å². The molecule has 32 heavy (non-hydrogen) atoms. The molecule has 0 radical (unpaired) electrons. The lowest BCUT2D eigenvalue weighted by Crippen LogP contribution is -2.61. The van der Waals surface area contributed by atoms with E-state index >= 15 is 0 Å². The fourth-order valence-corrected chi connectivity index (χ4v) is 3.50. The van der Waals surface area contributed by atoms with Crippen molar-refractivity contribution >= 4 is 11.9 Å². The first-order valence-corrected chi connectivity index (χ1v) is 10.4. The minimum atomic E-state index is -1.42. The quantitative estimate of drug-likeness (QED) is 0.589. The zero-order valence-electron chi connectivity index (χ0n) is 18.1. The minimum absolute atomic E-state index is 0.00701. The Morgan fingerprint density at radius 2 is 1.34 bits per heavy atom. The molecule has 0 bridgehead atoms. The summed E-state index contributed by atoms with van der Waals surface area (Å²) in [5.74, 6) is -1.18. The number of benzene rings is 2. The predicted molar refractivity (Wildman–Crippen MR) is 113 cm³/mol. The molecule has 1 heterocycles. The summed E-state index contributed by atoms with van der Waals surface area (Å²) in [5, 5.41) is 10.6. The van der Waals surface area contributed by atoms with Crippen LogP contribution in [0, 0.1) is 0 Å². The minimum Gasteiger partial charge on any atom is -0.456 e. The van der Waals surface area contributed by atoms with Gasteiger partial charge in [0.2, 0.25) is 0 Å². The van der Waals surface area contributed by atoms with Gasteiger partial charge in [0, 0.05) is 13.8 Å². The molecule has 0 saturated carbocycles. The average Bonchev–Trinajstić information content (AvgIpc) is 2.76. The summed E-state index contributed by atoms with van der Waals surface area (Å²) in [6.07, 6.45) is -5.43. The Kier molecular flexibility index (Phi) is 8.75. The Balaban J connectivity index is 1.73. The molecule has 1 aliphatic rings. The van der Waals surface area contributed by atoms with Crippen molar-refractivity contribution in [2.45, 2.75) is 57.8 Å². The van der Waals surface area contributed by atoms with Crippen LogP contribution in [-0.2, 0) is 46.5 Å². The van der Waals surface area contributed by atoms with E-state index < -0.39 is 42.6 Å². The third kappa shape index (κ3) is 6.86. The first kappa shape index (κ1) is 23.9. The summed E-state index contributed by atoms with van der Waals surface area (Å²) < 4.78 is 28.1. The van der Waals surface area contributed by atoms with Crippen LogP contribution in [0.25, 0.3) is 0 Å². The molecular weight excluding hydrogens is 416 g/mol. The number of hydrogen-bond donors (Lipinski definition) is 1. The predicted octanol–water partition coefficient (Wildman–Crippen LogP) is 2.37. The summed E-state index contributed by atoms with van der Waals surface area (Å²) in [4.78, 5) is 23.6. The van der Waals surface area contributed by atoms with E-state index in [2.05, 4.69) is 0 Å². The molecule has 2 aromatic carbocycles. The van der Waals surface area contributed by atoms with Crippen LogP contribution >= 0.6 is 0 Å². The first-order chi connectivity index (χ1) is 15.4. The maximum Gasteiger partial charge on any atom is 0.303 e. The molecule has 8 nitrogen and oxygen atoms in total. The number of rotatable bonds is 9. The molecule has 1 saturated heterocycles. The maximum absolute atomic E-state index is 11.8. The van der Waals surface area contributed by atoms with Gasteiger partial charge in [-0.2, -0.15) is 0 Å². The number of hydrogen-bond acceptors (Lipinski definition) is 8. The average molecular weight is 444 g/mol. The van der Waals surface area contributed by atoms with Crippen molar-refractivity contribution < 1.29 is 38.4 Å². The molecule has 3 rings (SSSR count). The van der Waals surface area contributed by atoms with Crippen molar-refractivity contribution in [3.8, 4) is 0 Å². The van der Waals surface area contributed by atoms with Gasteiger partial charge in [-0.05, 0) is 11.1 Å². The highest BCUT2D eigenvalue weighted by molar-refractivity contribution is 5.67. The van der Waals surface area contributed by atoms with Crippen molar-refractivity contribution in [3.05, 3.63) is 71.8 Å². The first-order valence-electron chi connectivity index (χ1n) is 10.4. The van der Waals surface area contributed by atoms with Gasteiger partial charge in [0.15, 0.2) is 18.5 Å². The topological polar surface area (TPSA) is 101 Å². The summed E-state index contributed by atoms with van der Waals surface area (Å²) >= 11 is 0. The largest absolute Gasteiger partial charge is 0.456 e. The molecule has 5 atom stereocenters. The molecule has 0 spiro atoms. The second-order valence-electron chi connectivity index (χ2n) is 7.48. The Hall–Kier alpha value is -2.78. The lowest BCUT2D eigenvalue weighted by atomic mass is 9.98. The number of aliphatic hydroxyl groups is 1. The van der Waals surface area contributed by atoms with Gasteiger partial charge in [0.1, 0.15) is 12.2 Å². The van der Waals surface area contributed by atoms with Crippen LogP contribution < -0.4 is 0 Å².